The van der Waals surface area contributed by atoms with Crippen LogP contribution in [0.2, 0.25) is 0 Å². The lowest BCUT2D eigenvalue weighted by atomic mass is 10.4. The molecule has 0 spiro atoms. The van der Waals surface area contributed by atoms with E-state index in [0.29, 0.717) is 0 Å². The summed E-state index contributed by atoms with van der Waals surface area (Å²) in [6.07, 6.45) is 0. The fraction of sp³-hybridized carbons (Fsp3) is 0.545. The largest absolute Gasteiger partial charge is 0.842 e. The third kappa shape index (κ3) is 3.93. The maximum absolute atomic E-state index is 10.6. The van der Waals surface area contributed by atoms with Crippen molar-refractivity contribution in [3.05, 3.63) is 17.5 Å². The molecular formula is C11H17N7O2. The molecule has 0 amide bonds. The molecule has 0 radical (unpaired) electrons. The van der Waals surface area contributed by atoms with Crippen molar-refractivity contribution < 1.29 is 15.2 Å². The summed E-state index contributed by atoms with van der Waals surface area (Å²) in [5.74, 6) is 0.204. The van der Waals surface area contributed by atoms with Crippen LogP contribution in [0.4, 0.5) is 0 Å². The first kappa shape index (κ1) is 14.3. The van der Waals surface area contributed by atoms with Crippen LogP contribution < -0.4 is 10.4 Å². The lowest BCUT2D eigenvalue weighted by molar-refractivity contribution is -0.670. The van der Waals surface area contributed by atoms with Crippen molar-refractivity contribution in [2.24, 2.45) is 0 Å². The summed E-state index contributed by atoms with van der Waals surface area (Å²) in [5, 5.41) is 30.7. The maximum Gasteiger partial charge on any atom is 0.289 e. The van der Waals surface area contributed by atoms with Crippen LogP contribution in [0.1, 0.15) is 11.4 Å². The Morgan fingerprint density at radius 2 is 1.80 bits per heavy atom. The zero-order chi connectivity index (χ0) is 14.4. The molecule has 9 nitrogen and oxygen atoms in total. The maximum atomic E-state index is 10.6. The van der Waals surface area contributed by atoms with Crippen molar-refractivity contribution in [3.8, 4) is 12.0 Å². The second kappa shape index (κ2) is 6.87. The highest BCUT2D eigenvalue weighted by Gasteiger charge is 2.06. The van der Waals surface area contributed by atoms with Gasteiger partial charge in [0, 0.05) is 5.69 Å². The zero-order valence-corrected chi connectivity index (χ0v) is 11.5. The highest BCUT2D eigenvalue weighted by Crippen LogP contribution is 2.05. The smallest absolute Gasteiger partial charge is 0.289 e. The van der Waals surface area contributed by atoms with Gasteiger partial charge in [-0.15, -0.1) is 20.4 Å². The quantitative estimate of drug-likeness (QED) is 0.624. The fourth-order valence-electron chi connectivity index (χ4n) is 1.71. The number of nitrogens with zero attached hydrogens (tertiary/aromatic N) is 6. The molecule has 20 heavy (non-hydrogen) atoms. The SMILES string of the molecule is C1COCC[NH2+]1.Cc1cc(C)n(-c2nnc([O-])nn2)n1. The highest BCUT2D eigenvalue weighted by atomic mass is 16.5. The Bertz CT molecular complexity index is 525. The third-order valence-corrected chi connectivity index (χ3v) is 2.58. The van der Waals surface area contributed by atoms with E-state index < -0.39 is 6.01 Å². The first-order valence-corrected chi connectivity index (χ1v) is 6.34. The summed E-state index contributed by atoms with van der Waals surface area (Å²) >= 11 is 0. The van der Waals surface area contributed by atoms with E-state index in [-0.39, 0.29) is 5.95 Å². The Morgan fingerprint density at radius 3 is 2.20 bits per heavy atom. The van der Waals surface area contributed by atoms with Gasteiger partial charge in [-0.2, -0.15) is 5.10 Å². The van der Waals surface area contributed by atoms with Crippen LogP contribution in [-0.2, 0) is 4.74 Å². The number of aryl methyl sites for hydroxylation is 2. The molecule has 0 aliphatic carbocycles. The van der Waals surface area contributed by atoms with Crippen molar-refractivity contribution in [2.45, 2.75) is 13.8 Å². The van der Waals surface area contributed by atoms with Crippen molar-refractivity contribution in [1.82, 2.24) is 30.2 Å². The molecule has 1 saturated heterocycles. The molecule has 2 aromatic heterocycles. The number of ether oxygens (including phenoxy) is 1. The summed E-state index contributed by atoms with van der Waals surface area (Å²) < 4.78 is 6.52. The number of rotatable bonds is 1. The van der Waals surface area contributed by atoms with E-state index in [1.807, 2.05) is 19.9 Å². The van der Waals surface area contributed by atoms with Crippen molar-refractivity contribution in [2.75, 3.05) is 26.3 Å². The average molecular weight is 279 g/mol. The molecular weight excluding hydrogens is 262 g/mol. The van der Waals surface area contributed by atoms with E-state index in [2.05, 4.69) is 30.8 Å². The number of morpholine rings is 1. The van der Waals surface area contributed by atoms with Gasteiger partial charge in [-0.05, 0) is 19.9 Å². The van der Waals surface area contributed by atoms with Gasteiger partial charge in [0.25, 0.3) is 5.95 Å². The predicted octanol–water partition coefficient (Wildman–Crippen LogP) is -2.28. The number of quaternary nitrogens is 1. The van der Waals surface area contributed by atoms with Crippen LogP contribution in [0.25, 0.3) is 5.95 Å². The second-order valence-electron chi connectivity index (χ2n) is 4.30. The molecule has 2 N–H and O–H groups in total. The number of aromatic nitrogens is 6. The summed E-state index contributed by atoms with van der Waals surface area (Å²) in [6.45, 7) is 7.90. The Balaban J connectivity index is 0.000000205. The lowest BCUT2D eigenvalue weighted by Crippen LogP contribution is -2.87. The first-order valence-electron chi connectivity index (χ1n) is 6.34. The number of hydrogen-bond acceptors (Lipinski definition) is 7. The first-order chi connectivity index (χ1) is 9.66. The molecule has 9 heteroatoms. The van der Waals surface area contributed by atoms with Crippen LogP contribution in [0.5, 0.6) is 6.01 Å². The van der Waals surface area contributed by atoms with Crippen LogP contribution >= 0.6 is 0 Å². The Labute approximate surface area is 116 Å². The predicted molar refractivity (Wildman–Crippen MR) is 66.1 cm³/mol. The van der Waals surface area contributed by atoms with Crippen LogP contribution in [-0.4, -0.2) is 56.5 Å². The van der Waals surface area contributed by atoms with Gasteiger partial charge < -0.3 is 15.2 Å². The molecule has 3 heterocycles. The van der Waals surface area contributed by atoms with Gasteiger partial charge in [0.1, 0.15) is 6.01 Å². The van der Waals surface area contributed by atoms with Crippen LogP contribution in [0, 0.1) is 13.8 Å². The molecule has 0 atom stereocenters. The van der Waals surface area contributed by atoms with E-state index in [0.717, 1.165) is 37.7 Å². The normalized spacial score (nSPS) is 14.5. The van der Waals surface area contributed by atoms with Gasteiger partial charge in [0.15, 0.2) is 0 Å². The molecule has 3 rings (SSSR count). The third-order valence-electron chi connectivity index (χ3n) is 2.58. The molecule has 1 aliphatic heterocycles. The van der Waals surface area contributed by atoms with Gasteiger partial charge >= 0.3 is 0 Å². The molecule has 0 aromatic carbocycles. The molecule has 2 aromatic rings. The number of hydrogen-bond donors (Lipinski definition) is 1. The Kier molecular flexibility index (Phi) is 4.91. The topological polar surface area (TPSA) is 118 Å². The molecule has 0 unspecified atom stereocenters. The van der Waals surface area contributed by atoms with Crippen molar-refractivity contribution >= 4 is 0 Å². The second-order valence-corrected chi connectivity index (χ2v) is 4.30. The monoisotopic (exact) mass is 279 g/mol. The Morgan fingerprint density at radius 1 is 1.15 bits per heavy atom. The minimum absolute atomic E-state index is 0.204. The summed E-state index contributed by atoms with van der Waals surface area (Å²) in [6, 6.07) is 1.17. The Hall–Kier alpha value is -2.13. The van der Waals surface area contributed by atoms with E-state index in [1.165, 1.54) is 4.68 Å². The summed E-state index contributed by atoms with van der Waals surface area (Å²) in [4.78, 5) is 0. The van der Waals surface area contributed by atoms with E-state index in [9.17, 15) is 5.11 Å². The molecule has 1 aliphatic rings. The highest BCUT2D eigenvalue weighted by molar-refractivity contribution is 5.16. The van der Waals surface area contributed by atoms with Gasteiger partial charge in [-0.3, -0.25) is 0 Å². The number of nitrogens with two attached hydrogens (primary N) is 1. The minimum Gasteiger partial charge on any atom is -0.842 e. The zero-order valence-electron chi connectivity index (χ0n) is 11.5. The van der Waals surface area contributed by atoms with E-state index >= 15 is 0 Å². The molecule has 0 bridgehead atoms. The lowest BCUT2D eigenvalue weighted by Gasteiger charge is -2.07. The molecule has 108 valence electrons. The van der Waals surface area contributed by atoms with Crippen molar-refractivity contribution in [1.29, 1.82) is 0 Å². The van der Waals surface area contributed by atoms with Gasteiger partial charge in [0.05, 0.1) is 32.0 Å². The minimum atomic E-state index is -0.699. The summed E-state index contributed by atoms with van der Waals surface area (Å²) in [5.41, 5.74) is 1.71. The van der Waals surface area contributed by atoms with Gasteiger partial charge in [-0.1, -0.05) is 0 Å². The molecule has 1 fully saturated rings. The van der Waals surface area contributed by atoms with Crippen LogP contribution in [0.3, 0.4) is 0 Å². The van der Waals surface area contributed by atoms with Crippen molar-refractivity contribution in [3.63, 3.8) is 0 Å². The standard InChI is InChI=1S/C7H8N6O.C4H9NO/c1-4-3-5(2)13(12-4)6-8-10-7(14)11-9-6;1-3-6-4-2-5-1/h3H,1-2H3,(H,10,11,14);5H,1-4H2. The van der Waals surface area contributed by atoms with Gasteiger partial charge in [0.2, 0.25) is 0 Å². The van der Waals surface area contributed by atoms with E-state index in [1.54, 1.807) is 0 Å². The average Bonchev–Trinajstić information content (AvgIpc) is 2.81. The van der Waals surface area contributed by atoms with Gasteiger partial charge in [-0.25, -0.2) is 4.68 Å². The van der Waals surface area contributed by atoms with E-state index in [4.69, 9.17) is 4.74 Å². The fourth-order valence-corrected chi connectivity index (χ4v) is 1.71. The molecule has 0 saturated carbocycles. The van der Waals surface area contributed by atoms with Crippen LogP contribution in [0.15, 0.2) is 6.07 Å². The summed E-state index contributed by atoms with van der Waals surface area (Å²) in [7, 11) is 0.